The number of rotatable bonds is 8. The molecule has 0 spiro atoms. The van der Waals surface area contributed by atoms with Crippen LogP contribution < -0.4 is 4.90 Å². The van der Waals surface area contributed by atoms with Gasteiger partial charge in [-0.25, -0.2) is 0 Å². The molecular weight excluding hydrogens is 651 g/mol. The van der Waals surface area contributed by atoms with Crippen molar-refractivity contribution in [3.63, 3.8) is 0 Å². The van der Waals surface area contributed by atoms with Crippen molar-refractivity contribution >= 4 is 44.7 Å². The highest BCUT2D eigenvalue weighted by molar-refractivity contribution is 5.99. The summed E-state index contributed by atoms with van der Waals surface area (Å²) < 4.78 is 0. The minimum Gasteiger partial charge on any atom is -0.310 e. The minimum atomic E-state index is 1.09. The van der Waals surface area contributed by atoms with E-state index in [-0.39, 0.29) is 0 Å². The number of nitrogens with zero attached hydrogens (tertiary/aromatic N) is 1. The summed E-state index contributed by atoms with van der Waals surface area (Å²) >= 11 is 0. The van der Waals surface area contributed by atoms with Crippen molar-refractivity contribution in [1.82, 2.24) is 0 Å². The molecule has 0 heterocycles. The van der Waals surface area contributed by atoms with Gasteiger partial charge in [0.05, 0.1) is 0 Å². The molecule has 0 unspecified atom stereocenters. The van der Waals surface area contributed by atoms with Crippen LogP contribution in [-0.2, 0) is 0 Å². The minimum absolute atomic E-state index is 1.09. The summed E-state index contributed by atoms with van der Waals surface area (Å²) in [6.45, 7) is 6.29. The number of benzene rings is 9. The topological polar surface area (TPSA) is 3.24 Å². The van der Waals surface area contributed by atoms with Crippen LogP contribution in [0, 0.1) is 6.92 Å². The quantitative estimate of drug-likeness (QED) is 0.153. The highest BCUT2D eigenvalue weighted by Crippen LogP contribution is 2.40. The first-order valence-electron chi connectivity index (χ1n) is 18.5. The van der Waals surface area contributed by atoms with Crippen molar-refractivity contribution in [3.8, 4) is 44.5 Å². The maximum Gasteiger partial charge on any atom is 0.0467 e. The van der Waals surface area contributed by atoms with Crippen molar-refractivity contribution in [2.24, 2.45) is 0 Å². The molecule has 0 aliphatic carbocycles. The Morgan fingerprint density at radius 2 is 0.926 bits per heavy atom. The molecular formula is C53H39N. The highest BCUT2D eigenvalue weighted by Gasteiger charge is 2.17. The van der Waals surface area contributed by atoms with Gasteiger partial charge in [0, 0.05) is 17.1 Å². The fourth-order valence-corrected chi connectivity index (χ4v) is 7.70. The second kappa shape index (κ2) is 14.2. The Bertz CT molecular complexity index is 2780. The molecule has 256 valence electrons. The SMILES string of the molecule is C=Cc1ccccc1-c1cc(N(c2ccc(-c3ccc4ccccc4c3)cc2)c2ccc(-c3ccc4cccc(-c5ccccc5)c4c3)cc2)ccc1C. The van der Waals surface area contributed by atoms with E-state index >= 15 is 0 Å². The molecule has 0 saturated carbocycles. The Balaban J connectivity index is 1.13. The van der Waals surface area contributed by atoms with Gasteiger partial charge >= 0.3 is 0 Å². The van der Waals surface area contributed by atoms with Crippen LogP contribution >= 0.6 is 0 Å². The first-order chi connectivity index (χ1) is 26.6. The molecule has 0 aromatic heterocycles. The second-order valence-electron chi connectivity index (χ2n) is 13.9. The van der Waals surface area contributed by atoms with E-state index in [1.807, 2.05) is 6.08 Å². The van der Waals surface area contributed by atoms with Crippen molar-refractivity contribution in [2.45, 2.75) is 6.92 Å². The predicted octanol–water partition coefficient (Wildman–Crippen LogP) is 15.1. The first kappa shape index (κ1) is 32.9. The maximum atomic E-state index is 4.11. The Morgan fingerprint density at radius 1 is 0.370 bits per heavy atom. The monoisotopic (exact) mass is 689 g/mol. The van der Waals surface area contributed by atoms with Crippen LogP contribution in [0.15, 0.2) is 207 Å². The van der Waals surface area contributed by atoms with E-state index in [4.69, 9.17) is 0 Å². The van der Waals surface area contributed by atoms with Gasteiger partial charge in [0.15, 0.2) is 0 Å². The average Bonchev–Trinajstić information content (AvgIpc) is 3.24. The second-order valence-corrected chi connectivity index (χ2v) is 13.9. The molecule has 0 bridgehead atoms. The van der Waals surface area contributed by atoms with Crippen molar-refractivity contribution in [2.75, 3.05) is 4.90 Å². The molecule has 0 saturated heterocycles. The van der Waals surface area contributed by atoms with Gasteiger partial charge in [-0.05, 0) is 133 Å². The predicted molar refractivity (Wildman–Crippen MR) is 233 cm³/mol. The van der Waals surface area contributed by atoms with Crippen molar-refractivity contribution in [3.05, 3.63) is 218 Å². The van der Waals surface area contributed by atoms with Gasteiger partial charge in [0.2, 0.25) is 0 Å². The molecule has 9 rings (SSSR count). The van der Waals surface area contributed by atoms with Crippen LogP contribution in [-0.4, -0.2) is 0 Å². The van der Waals surface area contributed by atoms with E-state index in [9.17, 15) is 0 Å². The maximum absolute atomic E-state index is 4.11. The van der Waals surface area contributed by atoms with Gasteiger partial charge in [-0.1, -0.05) is 164 Å². The molecule has 0 aliphatic rings. The summed E-state index contributed by atoms with van der Waals surface area (Å²) in [6, 6.07) is 72.5. The standard InChI is InChI=1S/C53H39N/c1-3-38-12-9-10-18-50(38)52-36-49(29-20-37(52)2)54(47-30-25-40(26-31-47)45-23-21-39-13-7-8-16-44(39)34-45)48-32-27-41(28-33-48)46-24-22-43-17-11-19-51(53(43)35-46)42-14-5-4-6-15-42/h3-36H,1H2,2H3. The number of fused-ring (bicyclic) bond motifs is 2. The normalized spacial score (nSPS) is 11.1. The lowest BCUT2D eigenvalue weighted by molar-refractivity contribution is 1.27. The van der Waals surface area contributed by atoms with Crippen LogP contribution in [0.4, 0.5) is 17.1 Å². The van der Waals surface area contributed by atoms with Gasteiger partial charge in [-0.2, -0.15) is 0 Å². The molecule has 0 amide bonds. The fourth-order valence-electron chi connectivity index (χ4n) is 7.70. The fraction of sp³-hybridized carbons (Fsp3) is 0.0189. The zero-order chi connectivity index (χ0) is 36.4. The Hall–Kier alpha value is -6.96. The summed E-state index contributed by atoms with van der Waals surface area (Å²) in [5.41, 5.74) is 15.3. The number of anilines is 3. The summed E-state index contributed by atoms with van der Waals surface area (Å²) in [4.78, 5) is 2.36. The van der Waals surface area contributed by atoms with Gasteiger partial charge < -0.3 is 4.90 Å². The lowest BCUT2D eigenvalue weighted by atomic mass is 9.94. The van der Waals surface area contributed by atoms with E-state index < -0.39 is 0 Å². The van der Waals surface area contributed by atoms with Gasteiger partial charge in [0.25, 0.3) is 0 Å². The van der Waals surface area contributed by atoms with Crippen LogP contribution in [0.25, 0.3) is 72.1 Å². The largest absolute Gasteiger partial charge is 0.310 e. The highest BCUT2D eigenvalue weighted by atomic mass is 15.1. The van der Waals surface area contributed by atoms with Crippen LogP contribution in [0.2, 0.25) is 0 Å². The molecule has 1 heteroatoms. The summed E-state index contributed by atoms with van der Waals surface area (Å²) in [6.07, 6.45) is 1.94. The summed E-state index contributed by atoms with van der Waals surface area (Å²) in [5.74, 6) is 0. The third-order valence-electron chi connectivity index (χ3n) is 10.6. The van der Waals surface area contributed by atoms with Crippen LogP contribution in [0.3, 0.4) is 0 Å². The molecule has 0 fully saturated rings. The molecule has 0 aliphatic heterocycles. The smallest absolute Gasteiger partial charge is 0.0467 e. The van der Waals surface area contributed by atoms with Gasteiger partial charge in [-0.3, -0.25) is 0 Å². The van der Waals surface area contributed by atoms with Crippen molar-refractivity contribution in [1.29, 1.82) is 0 Å². The van der Waals surface area contributed by atoms with E-state index in [2.05, 4.69) is 219 Å². The Kier molecular flexibility index (Phi) is 8.67. The molecule has 9 aromatic carbocycles. The Labute approximate surface area is 317 Å². The van der Waals surface area contributed by atoms with E-state index in [1.54, 1.807) is 0 Å². The van der Waals surface area contributed by atoms with E-state index in [0.29, 0.717) is 0 Å². The number of aryl methyl sites for hydroxylation is 1. The van der Waals surface area contributed by atoms with Gasteiger partial charge in [-0.15, -0.1) is 0 Å². The van der Waals surface area contributed by atoms with Crippen LogP contribution in [0.5, 0.6) is 0 Å². The molecule has 0 radical (unpaired) electrons. The number of hydrogen-bond acceptors (Lipinski definition) is 1. The molecule has 0 atom stereocenters. The Morgan fingerprint density at radius 3 is 1.65 bits per heavy atom. The third-order valence-corrected chi connectivity index (χ3v) is 10.6. The molecule has 54 heavy (non-hydrogen) atoms. The zero-order valence-electron chi connectivity index (χ0n) is 30.3. The van der Waals surface area contributed by atoms with E-state index in [1.165, 1.54) is 71.6 Å². The lowest BCUT2D eigenvalue weighted by Crippen LogP contribution is -2.10. The first-order valence-corrected chi connectivity index (χ1v) is 18.5. The lowest BCUT2D eigenvalue weighted by Gasteiger charge is -2.27. The molecule has 0 N–H and O–H groups in total. The average molecular weight is 690 g/mol. The molecule has 9 aromatic rings. The van der Waals surface area contributed by atoms with E-state index in [0.717, 1.165) is 22.6 Å². The number of hydrogen-bond donors (Lipinski definition) is 0. The van der Waals surface area contributed by atoms with Crippen molar-refractivity contribution < 1.29 is 0 Å². The third kappa shape index (κ3) is 6.27. The summed E-state index contributed by atoms with van der Waals surface area (Å²) in [7, 11) is 0. The molecule has 1 nitrogen and oxygen atoms in total. The summed E-state index contributed by atoms with van der Waals surface area (Å²) in [5, 5.41) is 4.99. The van der Waals surface area contributed by atoms with Gasteiger partial charge in [0.1, 0.15) is 0 Å². The zero-order valence-corrected chi connectivity index (χ0v) is 30.3. The van der Waals surface area contributed by atoms with Crippen LogP contribution in [0.1, 0.15) is 11.1 Å².